The minimum Gasteiger partial charge on any atom is -0.481 e. The topological polar surface area (TPSA) is 57.6 Å². The second-order valence-corrected chi connectivity index (χ2v) is 4.10. The highest BCUT2D eigenvalue weighted by atomic mass is 16.4. The van der Waals surface area contributed by atoms with Gasteiger partial charge < -0.3 is 10.0 Å². The van der Waals surface area contributed by atoms with Gasteiger partial charge in [0.25, 0.3) is 0 Å². The van der Waals surface area contributed by atoms with Crippen LogP contribution in [0.3, 0.4) is 0 Å². The maximum atomic E-state index is 11.8. The van der Waals surface area contributed by atoms with Crippen molar-refractivity contribution >= 4 is 11.9 Å². The Morgan fingerprint density at radius 2 is 2.07 bits per heavy atom. The van der Waals surface area contributed by atoms with Crippen molar-refractivity contribution < 1.29 is 14.7 Å². The zero-order chi connectivity index (χ0) is 11.6. The summed E-state index contributed by atoms with van der Waals surface area (Å²) >= 11 is 0. The lowest BCUT2D eigenvalue weighted by atomic mass is 10.2. The van der Waals surface area contributed by atoms with E-state index in [2.05, 4.69) is 6.58 Å². The fourth-order valence-electron chi connectivity index (χ4n) is 1.65. The third kappa shape index (κ3) is 2.81. The van der Waals surface area contributed by atoms with Crippen LogP contribution in [0.4, 0.5) is 0 Å². The molecule has 1 aliphatic rings. The molecule has 0 bridgehead atoms. The fourth-order valence-corrected chi connectivity index (χ4v) is 1.65. The van der Waals surface area contributed by atoms with Gasteiger partial charge in [-0.25, -0.2) is 0 Å². The molecular weight excluding hydrogens is 194 g/mol. The highest BCUT2D eigenvalue weighted by Gasteiger charge is 2.49. The number of likely N-dealkylation sites (N-methyl/N-ethyl adjacent to an activating group) is 1. The van der Waals surface area contributed by atoms with Crippen molar-refractivity contribution in [3.05, 3.63) is 12.2 Å². The van der Waals surface area contributed by atoms with Crippen LogP contribution in [0.25, 0.3) is 0 Å². The van der Waals surface area contributed by atoms with Crippen molar-refractivity contribution in [3.8, 4) is 0 Å². The van der Waals surface area contributed by atoms with Gasteiger partial charge in [0.05, 0.1) is 11.8 Å². The highest BCUT2D eigenvalue weighted by Crippen LogP contribution is 2.40. The molecule has 0 radical (unpaired) electrons. The molecular formula is C11H17NO3. The molecule has 1 N–H and O–H groups in total. The molecule has 2 unspecified atom stereocenters. The molecule has 1 amide bonds. The minimum absolute atomic E-state index is 0.0482. The van der Waals surface area contributed by atoms with Crippen molar-refractivity contribution in [2.24, 2.45) is 11.8 Å². The van der Waals surface area contributed by atoms with Gasteiger partial charge in [-0.3, -0.25) is 9.59 Å². The Kier molecular flexibility index (Phi) is 3.50. The Morgan fingerprint density at radius 3 is 2.40 bits per heavy atom. The molecule has 1 saturated carbocycles. The molecule has 0 aromatic heterocycles. The lowest BCUT2D eigenvalue weighted by molar-refractivity contribution is -0.141. The standard InChI is InChI=1S/C11H17NO3/c1-4-12(6-7(2)3)10(13)8-5-9(8)11(14)15/h8-9H,2,4-6H2,1,3H3,(H,14,15). The van der Waals surface area contributed by atoms with Crippen LogP contribution < -0.4 is 0 Å². The van der Waals surface area contributed by atoms with Crippen molar-refractivity contribution in [1.82, 2.24) is 4.90 Å². The van der Waals surface area contributed by atoms with Gasteiger partial charge in [0, 0.05) is 13.1 Å². The number of carbonyl (C=O) groups excluding carboxylic acids is 1. The lowest BCUT2D eigenvalue weighted by Crippen LogP contribution is -2.34. The Labute approximate surface area is 89.6 Å². The van der Waals surface area contributed by atoms with Crippen LogP contribution in [-0.4, -0.2) is 35.0 Å². The average molecular weight is 211 g/mol. The first kappa shape index (κ1) is 11.8. The summed E-state index contributed by atoms with van der Waals surface area (Å²) in [5.74, 6) is -1.67. The van der Waals surface area contributed by atoms with Crippen LogP contribution in [0.15, 0.2) is 12.2 Å². The molecule has 0 aromatic carbocycles. The van der Waals surface area contributed by atoms with E-state index in [1.807, 2.05) is 13.8 Å². The van der Waals surface area contributed by atoms with Crippen LogP contribution in [0.2, 0.25) is 0 Å². The van der Waals surface area contributed by atoms with E-state index in [9.17, 15) is 9.59 Å². The van der Waals surface area contributed by atoms with Crippen LogP contribution in [0.5, 0.6) is 0 Å². The SMILES string of the molecule is C=C(C)CN(CC)C(=O)C1CC1C(=O)O. The van der Waals surface area contributed by atoms with Crippen molar-refractivity contribution in [2.75, 3.05) is 13.1 Å². The Balaban J connectivity index is 2.52. The van der Waals surface area contributed by atoms with E-state index < -0.39 is 11.9 Å². The summed E-state index contributed by atoms with van der Waals surface area (Å²) in [6, 6.07) is 0. The molecule has 0 saturated heterocycles. The summed E-state index contributed by atoms with van der Waals surface area (Å²) < 4.78 is 0. The summed E-state index contributed by atoms with van der Waals surface area (Å²) in [6.45, 7) is 8.63. The van der Waals surface area contributed by atoms with Gasteiger partial charge in [-0.05, 0) is 20.3 Å². The van der Waals surface area contributed by atoms with E-state index in [0.717, 1.165) is 5.57 Å². The van der Waals surface area contributed by atoms with Crippen LogP contribution >= 0.6 is 0 Å². The highest BCUT2D eigenvalue weighted by molar-refractivity contribution is 5.89. The van der Waals surface area contributed by atoms with Crippen LogP contribution in [0.1, 0.15) is 20.3 Å². The summed E-state index contributed by atoms with van der Waals surface area (Å²) in [6.07, 6.45) is 0.487. The van der Waals surface area contributed by atoms with Gasteiger partial charge in [0.1, 0.15) is 0 Å². The quantitative estimate of drug-likeness (QED) is 0.693. The molecule has 1 fully saturated rings. The first-order valence-electron chi connectivity index (χ1n) is 5.13. The molecule has 0 aliphatic heterocycles. The Bertz CT molecular complexity index is 298. The second kappa shape index (κ2) is 4.47. The van der Waals surface area contributed by atoms with Gasteiger partial charge in [-0.1, -0.05) is 12.2 Å². The number of nitrogens with zero attached hydrogens (tertiary/aromatic N) is 1. The largest absolute Gasteiger partial charge is 0.481 e. The summed E-state index contributed by atoms with van der Waals surface area (Å²) in [5, 5.41) is 8.72. The molecule has 1 rings (SSSR count). The number of carboxylic acids is 1. The fraction of sp³-hybridized carbons (Fsp3) is 0.636. The predicted molar refractivity (Wildman–Crippen MR) is 56.3 cm³/mol. The number of rotatable bonds is 5. The molecule has 0 spiro atoms. The molecule has 4 nitrogen and oxygen atoms in total. The molecule has 15 heavy (non-hydrogen) atoms. The van der Waals surface area contributed by atoms with E-state index in [4.69, 9.17) is 5.11 Å². The summed E-state index contributed by atoms with van der Waals surface area (Å²) in [7, 11) is 0. The first-order valence-corrected chi connectivity index (χ1v) is 5.13. The van der Waals surface area contributed by atoms with E-state index in [0.29, 0.717) is 19.5 Å². The lowest BCUT2D eigenvalue weighted by Gasteiger charge is -2.20. The number of carboxylic acid groups (broad SMARTS) is 1. The van der Waals surface area contributed by atoms with E-state index >= 15 is 0 Å². The van der Waals surface area contributed by atoms with Gasteiger partial charge in [0.2, 0.25) is 5.91 Å². The van der Waals surface area contributed by atoms with Crippen molar-refractivity contribution in [1.29, 1.82) is 0 Å². The molecule has 2 atom stereocenters. The molecule has 0 heterocycles. The maximum absolute atomic E-state index is 11.8. The number of carbonyl (C=O) groups is 2. The van der Waals surface area contributed by atoms with Crippen LogP contribution in [0, 0.1) is 11.8 Å². The number of hydrogen-bond acceptors (Lipinski definition) is 2. The number of hydrogen-bond donors (Lipinski definition) is 1. The number of amides is 1. The Morgan fingerprint density at radius 1 is 1.47 bits per heavy atom. The van der Waals surface area contributed by atoms with E-state index in [1.165, 1.54) is 0 Å². The number of aliphatic carboxylic acids is 1. The smallest absolute Gasteiger partial charge is 0.307 e. The third-order valence-corrected chi connectivity index (χ3v) is 2.58. The third-order valence-electron chi connectivity index (χ3n) is 2.58. The average Bonchev–Trinajstić information content (AvgIpc) is 2.92. The van der Waals surface area contributed by atoms with Crippen LogP contribution in [-0.2, 0) is 9.59 Å². The second-order valence-electron chi connectivity index (χ2n) is 4.10. The molecule has 4 heteroatoms. The van der Waals surface area contributed by atoms with E-state index in [-0.39, 0.29) is 11.8 Å². The summed E-state index contributed by atoms with van der Waals surface area (Å²) in [5.41, 5.74) is 0.915. The van der Waals surface area contributed by atoms with Gasteiger partial charge in [-0.15, -0.1) is 0 Å². The van der Waals surface area contributed by atoms with Gasteiger partial charge in [0.15, 0.2) is 0 Å². The molecule has 84 valence electrons. The van der Waals surface area contributed by atoms with Crippen molar-refractivity contribution in [2.45, 2.75) is 20.3 Å². The Hall–Kier alpha value is -1.32. The normalized spacial score (nSPS) is 23.3. The zero-order valence-corrected chi connectivity index (χ0v) is 9.19. The van der Waals surface area contributed by atoms with Gasteiger partial charge >= 0.3 is 5.97 Å². The predicted octanol–water partition coefficient (Wildman–Crippen LogP) is 1.13. The molecule has 0 aromatic rings. The van der Waals surface area contributed by atoms with Gasteiger partial charge in [-0.2, -0.15) is 0 Å². The molecule has 1 aliphatic carbocycles. The first-order chi connectivity index (χ1) is 6.97. The summed E-state index contributed by atoms with van der Waals surface area (Å²) in [4.78, 5) is 24.1. The monoisotopic (exact) mass is 211 g/mol. The van der Waals surface area contributed by atoms with Crippen molar-refractivity contribution in [3.63, 3.8) is 0 Å². The van der Waals surface area contributed by atoms with E-state index in [1.54, 1.807) is 4.90 Å². The minimum atomic E-state index is -0.861. The zero-order valence-electron chi connectivity index (χ0n) is 9.19. The maximum Gasteiger partial charge on any atom is 0.307 e.